The zero-order valence-corrected chi connectivity index (χ0v) is 14.0. The molecule has 1 N–H and O–H groups in total. The first-order chi connectivity index (χ1) is 12.2. The molecule has 5 nitrogen and oxygen atoms in total. The smallest absolute Gasteiger partial charge is 0.248 e. The molecule has 0 spiro atoms. The van der Waals surface area contributed by atoms with Crippen LogP contribution in [0.15, 0.2) is 60.8 Å². The number of hydrogen-bond acceptors (Lipinski definition) is 4. The Balaban J connectivity index is 1.79. The molecule has 0 aliphatic carbocycles. The summed E-state index contributed by atoms with van der Waals surface area (Å²) in [6.45, 7) is 0. The molecule has 1 heterocycles. The number of carbonyl (C=O) groups is 1. The Morgan fingerprint density at radius 2 is 1.80 bits per heavy atom. The SMILES string of the molecule is COc1cc(/C=C/C(=O)Nc2cccc3ncccc23)cc(OC)c1. The molecule has 0 saturated carbocycles. The number of methoxy groups -OCH3 is 2. The van der Waals surface area contributed by atoms with Gasteiger partial charge in [0.25, 0.3) is 0 Å². The number of benzene rings is 2. The molecule has 0 bridgehead atoms. The van der Waals surface area contributed by atoms with Crippen molar-refractivity contribution in [2.45, 2.75) is 0 Å². The zero-order chi connectivity index (χ0) is 17.6. The fourth-order valence-electron chi connectivity index (χ4n) is 2.48. The Kier molecular flexibility index (Phi) is 4.95. The van der Waals surface area contributed by atoms with Gasteiger partial charge in [-0.25, -0.2) is 0 Å². The molecule has 126 valence electrons. The van der Waals surface area contributed by atoms with Gasteiger partial charge in [-0.1, -0.05) is 6.07 Å². The first kappa shape index (κ1) is 16.5. The summed E-state index contributed by atoms with van der Waals surface area (Å²) in [7, 11) is 3.17. The summed E-state index contributed by atoms with van der Waals surface area (Å²) in [5.74, 6) is 1.11. The van der Waals surface area contributed by atoms with Crippen molar-refractivity contribution in [2.24, 2.45) is 0 Å². The van der Waals surface area contributed by atoms with Crippen molar-refractivity contribution >= 4 is 28.6 Å². The number of hydrogen-bond donors (Lipinski definition) is 1. The maximum absolute atomic E-state index is 12.3. The number of fused-ring (bicyclic) bond motifs is 1. The number of pyridine rings is 1. The van der Waals surface area contributed by atoms with Crippen molar-refractivity contribution in [3.05, 3.63) is 66.4 Å². The van der Waals surface area contributed by atoms with Gasteiger partial charge in [-0.15, -0.1) is 0 Å². The molecule has 25 heavy (non-hydrogen) atoms. The summed E-state index contributed by atoms with van der Waals surface area (Å²) >= 11 is 0. The Morgan fingerprint density at radius 1 is 1.04 bits per heavy atom. The average molecular weight is 334 g/mol. The summed E-state index contributed by atoms with van der Waals surface area (Å²) in [4.78, 5) is 16.5. The third-order valence-corrected chi connectivity index (χ3v) is 3.70. The van der Waals surface area contributed by atoms with Crippen LogP contribution in [0, 0.1) is 0 Å². The van der Waals surface area contributed by atoms with Gasteiger partial charge in [0.05, 0.1) is 25.4 Å². The van der Waals surface area contributed by atoms with E-state index in [1.54, 1.807) is 32.6 Å². The summed E-state index contributed by atoms with van der Waals surface area (Å²) in [5, 5.41) is 3.78. The molecule has 3 aromatic rings. The van der Waals surface area contributed by atoms with E-state index < -0.39 is 0 Å². The van der Waals surface area contributed by atoms with Crippen molar-refractivity contribution in [3.63, 3.8) is 0 Å². The Morgan fingerprint density at radius 3 is 2.52 bits per heavy atom. The van der Waals surface area contributed by atoms with Crippen LogP contribution in [0.3, 0.4) is 0 Å². The molecule has 0 saturated heterocycles. The van der Waals surface area contributed by atoms with Crippen LogP contribution in [0.2, 0.25) is 0 Å². The van der Waals surface area contributed by atoms with Crippen molar-refractivity contribution < 1.29 is 14.3 Å². The Hall–Kier alpha value is -3.34. The molecule has 0 atom stereocenters. The van der Waals surface area contributed by atoms with Gasteiger partial charge in [0.2, 0.25) is 5.91 Å². The third-order valence-electron chi connectivity index (χ3n) is 3.70. The van der Waals surface area contributed by atoms with E-state index in [1.165, 1.54) is 6.08 Å². The van der Waals surface area contributed by atoms with E-state index in [9.17, 15) is 4.79 Å². The summed E-state index contributed by atoms with van der Waals surface area (Å²) in [6, 6.07) is 14.8. The lowest BCUT2D eigenvalue weighted by Crippen LogP contribution is -2.08. The molecular formula is C20H18N2O3. The van der Waals surface area contributed by atoms with E-state index in [1.807, 2.05) is 42.5 Å². The maximum atomic E-state index is 12.3. The standard InChI is InChI=1S/C20H18N2O3/c1-24-15-11-14(12-16(13-15)25-2)8-9-20(23)22-19-7-3-6-18-17(19)5-4-10-21-18/h3-13H,1-2H3,(H,22,23)/b9-8+. The highest BCUT2D eigenvalue weighted by molar-refractivity contribution is 6.06. The third kappa shape index (κ3) is 3.95. The molecule has 2 aromatic carbocycles. The fraction of sp³-hybridized carbons (Fsp3) is 0.100. The van der Waals surface area contributed by atoms with Gasteiger partial charge in [-0.3, -0.25) is 9.78 Å². The van der Waals surface area contributed by atoms with Gasteiger partial charge in [-0.2, -0.15) is 0 Å². The van der Waals surface area contributed by atoms with E-state index >= 15 is 0 Å². The summed E-state index contributed by atoms with van der Waals surface area (Å²) in [5.41, 5.74) is 2.37. The first-order valence-electron chi connectivity index (χ1n) is 7.75. The van der Waals surface area contributed by atoms with Gasteiger partial charge >= 0.3 is 0 Å². The number of aromatic nitrogens is 1. The van der Waals surface area contributed by atoms with Crippen LogP contribution >= 0.6 is 0 Å². The largest absolute Gasteiger partial charge is 0.497 e. The molecule has 1 aromatic heterocycles. The fourth-order valence-corrected chi connectivity index (χ4v) is 2.48. The highest BCUT2D eigenvalue weighted by atomic mass is 16.5. The van der Waals surface area contributed by atoms with Crippen LogP contribution in [-0.4, -0.2) is 25.1 Å². The topological polar surface area (TPSA) is 60.5 Å². The van der Waals surface area contributed by atoms with Crippen LogP contribution in [0.4, 0.5) is 5.69 Å². The predicted molar refractivity (Wildman–Crippen MR) is 99.0 cm³/mol. The van der Waals surface area contributed by atoms with Crippen molar-refractivity contribution in [1.82, 2.24) is 4.98 Å². The number of ether oxygens (including phenoxy) is 2. The normalized spacial score (nSPS) is 10.8. The van der Waals surface area contributed by atoms with Crippen molar-refractivity contribution in [2.75, 3.05) is 19.5 Å². The van der Waals surface area contributed by atoms with E-state index in [-0.39, 0.29) is 5.91 Å². The zero-order valence-electron chi connectivity index (χ0n) is 14.0. The van der Waals surface area contributed by atoms with E-state index in [0.717, 1.165) is 22.2 Å². The minimum atomic E-state index is -0.224. The van der Waals surface area contributed by atoms with Crippen LogP contribution < -0.4 is 14.8 Å². The molecule has 3 rings (SSSR count). The van der Waals surface area contributed by atoms with E-state index in [2.05, 4.69) is 10.3 Å². The maximum Gasteiger partial charge on any atom is 0.248 e. The molecule has 0 aliphatic heterocycles. The first-order valence-corrected chi connectivity index (χ1v) is 7.75. The molecule has 0 unspecified atom stereocenters. The lowest BCUT2D eigenvalue weighted by molar-refractivity contribution is -0.111. The average Bonchev–Trinajstić information content (AvgIpc) is 2.66. The van der Waals surface area contributed by atoms with Crippen LogP contribution in [-0.2, 0) is 4.79 Å². The molecule has 1 amide bonds. The number of carbonyl (C=O) groups excluding carboxylic acids is 1. The van der Waals surface area contributed by atoms with Gasteiger partial charge in [0, 0.05) is 23.7 Å². The monoisotopic (exact) mass is 334 g/mol. The molecule has 5 heteroatoms. The summed E-state index contributed by atoms with van der Waals surface area (Å²) in [6.07, 6.45) is 4.91. The number of rotatable bonds is 5. The number of nitrogens with zero attached hydrogens (tertiary/aromatic N) is 1. The van der Waals surface area contributed by atoms with Gasteiger partial charge in [0.1, 0.15) is 11.5 Å². The Bertz CT molecular complexity index is 908. The van der Waals surface area contributed by atoms with E-state index in [0.29, 0.717) is 11.5 Å². The van der Waals surface area contributed by atoms with Crippen molar-refractivity contribution in [1.29, 1.82) is 0 Å². The lowest BCUT2D eigenvalue weighted by Gasteiger charge is -2.07. The van der Waals surface area contributed by atoms with Gasteiger partial charge < -0.3 is 14.8 Å². The highest BCUT2D eigenvalue weighted by Crippen LogP contribution is 2.24. The second-order valence-electron chi connectivity index (χ2n) is 5.34. The van der Waals surface area contributed by atoms with Crippen LogP contribution in [0.1, 0.15) is 5.56 Å². The van der Waals surface area contributed by atoms with Gasteiger partial charge in [0.15, 0.2) is 0 Å². The second-order valence-corrected chi connectivity index (χ2v) is 5.34. The highest BCUT2D eigenvalue weighted by Gasteiger charge is 2.04. The Labute approximate surface area is 145 Å². The molecule has 0 fully saturated rings. The minimum absolute atomic E-state index is 0.224. The number of anilines is 1. The number of nitrogens with one attached hydrogen (secondary N) is 1. The van der Waals surface area contributed by atoms with E-state index in [4.69, 9.17) is 9.47 Å². The van der Waals surface area contributed by atoms with Crippen LogP contribution in [0.25, 0.3) is 17.0 Å². The predicted octanol–water partition coefficient (Wildman–Crippen LogP) is 3.90. The quantitative estimate of drug-likeness (QED) is 0.719. The minimum Gasteiger partial charge on any atom is -0.497 e. The molecule has 0 aliphatic rings. The second kappa shape index (κ2) is 7.49. The molecular weight excluding hydrogens is 316 g/mol. The van der Waals surface area contributed by atoms with Crippen LogP contribution in [0.5, 0.6) is 11.5 Å². The molecule has 0 radical (unpaired) electrons. The number of amides is 1. The van der Waals surface area contributed by atoms with Crippen molar-refractivity contribution in [3.8, 4) is 11.5 Å². The van der Waals surface area contributed by atoms with Gasteiger partial charge in [-0.05, 0) is 48.0 Å². The lowest BCUT2D eigenvalue weighted by atomic mass is 10.1. The summed E-state index contributed by atoms with van der Waals surface area (Å²) < 4.78 is 10.5.